The lowest BCUT2D eigenvalue weighted by Crippen LogP contribution is -2.20. The number of rotatable bonds is 2. The van der Waals surface area contributed by atoms with E-state index in [0.29, 0.717) is 21.5 Å². The molecular weight excluding hydrogens is 295 g/mol. The third-order valence-electron chi connectivity index (χ3n) is 2.82. The maximum Gasteiger partial charge on any atom is 0.175 e. The fourth-order valence-electron chi connectivity index (χ4n) is 1.73. The molecule has 0 atom stereocenters. The van der Waals surface area contributed by atoms with Gasteiger partial charge in [-0.3, -0.25) is 0 Å². The Balaban J connectivity index is 2.11. The second-order valence-corrected chi connectivity index (χ2v) is 5.34. The van der Waals surface area contributed by atoms with E-state index in [2.05, 4.69) is 10.6 Å². The summed E-state index contributed by atoms with van der Waals surface area (Å²) in [5.74, 6) is -0.311. The Hall–Kier alpha value is -1.65. The van der Waals surface area contributed by atoms with Crippen molar-refractivity contribution in [3.05, 3.63) is 58.4 Å². The molecule has 0 aliphatic heterocycles. The quantitative estimate of drug-likeness (QED) is 0.771. The number of hydrogen-bond donors (Lipinski definition) is 2. The van der Waals surface area contributed by atoms with Gasteiger partial charge in [0.15, 0.2) is 5.11 Å². The summed E-state index contributed by atoms with van der Waals surface area (Å²) in [6.07, 6.45) is 0. The molecule has 104 valence electrons. The fourth-order valence-corrected chi connectivity index (χ4v) is 2.23. The zero-order chi connectivity index (χ0) is 14.7. The number of anilines is 2. The third kappa shape index (κ3) is 3.68. The van der Waals surface area contributed by atoms with Gasteiger partial charge in [-0.1, -0.05) is 23.7 Å². The van der Waals surface area contributed by atoms with E-state index in [1.807, 2.05) is 32.0 Å². The summed E-state index contributed by atoms with van der Waals surface area (Å²) >= 11 is 11.3. The number of benzene rings is 2. The lowest BCUT2D eigenvalue weighted by atomic mass is 10.2. The smallest absolute Gasteiger partial charge is 0.175 e. The van der Waals surface area contributed by atoms with Crippen LogP contribution in [-0.4, -0.2) is 5.11 Å². The molecule has 0 bridgehead atoms. The molecule has 0 fully saturated rings. The highest BCUT2D eigenvalue weighted by Crippen LogP contribution is 2.23. The molecule has 5 heteroatoms. The lowest BCUT2D eigenvalue weighted by Gasteiger charge is -2.13. The van der Waals surface area contributed by atoms with E-state index < -0.39 is 0 Å². The van der Waals surface area contributed by atoms with Crippen LogP contribution in [-0.2, 0) is 0 Å². The molecule has 0 heterocycles. The van der Waals surface area contributed by atoms with Crippen molar-refractivity contribution in [2.24, 2.45) is 0 Å². The van der Waals surface area contributed by atoms with E-state index in [4.69, 9.17) is 23.8 Å². The van der Waals surface area contributed by atoms with Crippen molar-refractivity contribution in [3.8, 4) is 0 Å². The van der Waals surface area contributed by atoms with Crippen molar-refractivity contribution in [3.63, 3.8) is 0 Å². The second-order valence-electron chi connectivity index (χ2n) is 4.52. The molecule has 2 aromatic carbocycles. The van der Waals surface area contributed by atoms with Gasteiger partial charge in [0.1, 0.15) is 5.82 Å². The Morgan fingerprint density at radius 2 is 1.75 bits per heavy atom. The predicted octanol–water partition coefficient (Wildman–Crippen LogP) is 4.90. The summed E-state index contributed by atoms with van der Waals surface area (Å²) in [6, 6.07) is 10.1. The van der Waals surface area contributed by atoms with Gasteiger partial charge in [-0.05, 0) is 61.5 Å². The molecule has 2 N–H and O–H groups in total. The van der Waals surface area contributed by atoms with Gasteiger partial charge in [-0.2, -0.15) is 0 Å². The molecule has 0 spiro atoms. The minimum atomic E-state index is -0.311. The van der Waals surface area contributed by atoms with Crippen molar-refractivity contribution in [1.82, 2.24) is 0 Å². The van der Waals surface area contributed by atoms with E-state index in [-0.39, 0.29) is 5.82 Å². The zero-order valence-corrected chi connectivity index (χ0v) is 12.7. The first-order chi connectivity index (χ1) is 9.45. The van der Waals surface area contributed by atoms with Crippen LogP contribution in [0.25, 0.3) is 0 Å². The lowest BCUT2D eigenvalue weighted by molar-refractivity contribution is 0.628. The van der Waals surface area contributed by atoms with E-state index >= 15 is 0 Å². The molecule has 0 aliphatic rings. The topological polar surface area (TPSA) is 24.1 Å². The van der Waals surface area contributed by atoms with Gasteiger partial charge in [0.2, 0.25) is 0 Å². The molecule has 0 saturated heterocycles. The van der Waals surface area contributed by atoms with Crippen LogP contribution in [0.2, 0.25) is 5.02 Å². The van der Waals surface area contributed by atoms with Crippen LogP contribution >= 0.6 is 23.8 Å². The molecule has 2 rings (SSSR count). The predicted molar refractivity (Wildman–Crippen MR) is 87.2 cm³/mol. The first-order valence-electron chi connectivity index (χ1n) is 6.06. The minimum Gasteiger partial charge on any atom is -0.332 e. The highest BCUT2D eigenvalue weighted by atomic mass is 35.5. The average Bonchev–Trinajstić information content (AvgIpc) is 2.37. The average molecular weight is 309 g/mol. The van der Waals surface area contributed by atoms with Gasteiger partial charge >= 0.3 is 0 Å². The second kappa shape index (κ2) is 6.20. The Morgan fingerprint density at radius 3 is 2.45 bits per heavy atom. The van der Waals surface area contributed by atoms with E-state index in [0.717, 1.165) is 11.1 Å². The molecule has 0 aromatic heterocycles. The number of aryl methyl sites for hydroxylation is 2. The van der Waals surface area contributed by atoms with Crippen molar-refractivity contribution in [1.29, 1.82) is 0 Å². The van der Waals surface area contributed by atoms with Crippen molar-refractivity contribution < 1.29 is 4.39 Å². The summed E-state index contributed by atoms with van der Waals surface area (Å²) in [4.78, 5) is 0. The Kier molecular flexibility index (Phi) is 4.57. The minimum absolute atomic E-state index is 0.311. The van der Waals surface area contributed by atoms with Crippen LogP contribution in [0.1, 0.15) is 11.1 Å². The third-order valence-corrected chi connectivity index (χ3v) is 3.34. The van der Waals surface area contributed by atoms with Gasteiger partial charge in [-0.25, -0.2) is 4.39 Å². The SMILES string of the molecule is Cc1ccc(NC(=S)Nc2cc(F)ccc2C)c(Cl)c1. The fraction of sp³-hybridized carbons (Fsp3) is 0.133. The normalized spacial score (nSPS) is 10.2. The number of nitrogens with one attached hydrogen (secondary N) is 2. The van der Waals surface area contributed by atoms with Crippen LogP contribution in [0, 0.1) is 19.7 Å². The van der Waals surface area contributed by atoms with Gasteiger partial charge in [0.25, 0.3) is 0 Å². The molecular formula is C15H14ClFN2S. The molecule has 2 nitrogen and oxygen atoms in total. The first-order valence-corrected chi connectivity index (χ1v) is 6.84. The molecule has 0 amide bonds. The standard InChI is InChI=1S/C15H14ClFN2S/c1-9-3-6-13(12(16)7-9)18-15(20)19-14-8-11(17)5-4-10(14)2/h3-8H,1-2H3,(H2,18,19,20). The van der Waals surface area contributed by atoms with Crippen LogP contribution in [0.3, 0.4) is 0 Å². The summed E-state index contributed by atoms with van der Waals surface area (Å²) < 4.78 is 13.2. The highest BCUT2D eigenvalue weighted by Gasteiger charge is 2.05. The van der Waals surface area contributed by atoms with Crippen molar-refractivity contribution in [2.45, 2.75) is 13.8 Å². The summed E-state index contributed by atoms with van der Waals surface area (Å²) in [6.45, 7) is 3.84. The Morgan fingerprint density at radius 1 is 1.05 bits per heavy atom. The van der Waals surface area contributed by atoms with Gasteiger partial charge in [-0.15, -0.1) is 0 Å². The van der Waals surface area contributed by atoms with E-state index in [9.17, 15) is 4.39 Å². The summed E-state index contributed by atoms with van der Waals surface area (Å²) in [5, 5.41) is 6.91. The van der Waals surface area contributed by atoms with Crippen LogP contribution in [0.5, 0.6) is 0 Å². The number of hydrogen-bond acceptors (Lipinski definition) is 1. The van der Waals surface area contributed by atoms with Gasteiger partial charge < -0.3 is 10.6 Å². The van der Waals surface area contributed by atoms with Gasteiger partial charge in [0, 0.05) is 5.69 Å². The molecule has 0 saturated carbocycles. The molecule has 0 unspecified atom stereocenters. The maximum absolute atomic E-state index is 13.2. The van der Waals surface area contributed by atoms with Crippen LogP contribution < -0.4 is 10.6 Å². The van der Waals surface area contributed by atoms with Crippen molar-refractivity contribution >= 4 is 40.3 Å². The number of thiocarbonyl (C=S) groups is 1. The van der Waals surface area contributed by atoms with E-state index in [1.54, 1.807) is 6.07 Å². The maximum atomic E-state index is 13.2. The molecule has 0 aliphatic carbocycles. The first kappa shape index (κ1) is 14.8. The molecule has 20 heavy (non-hydrogen) atoms. The Labute approximate surface area is 128 Å². The molecule has 0 radical (unpaired) electrons. The van der Waals surface area contributed by atoms with Gasteiger partial charge in [0.05, 0.1) is 10.7 Å². The Bertz CT molecular complexity index is 658. The molecule has 2 aromatic rings. The highest BCUT2D eigenvalue weighted by molar-refractivity contribution is 7.80. The van der Waals surface area contributed by atoms with Crippen molar-refractivity contribution in [2.75, 3.05) is 10.6 Å². The summed E-state index contributed by atoms with van der Waals surface area (Å²) in [7, 11) is 0. The monoisotopic (exact) mass is 308 g/mol. The number of halogens is 2. The zero-order valence-electron chi connectivity index (χ0n) is 11.1. The van der Waals surface area contributed by atoms with Crippen LogP contribution in [0.15, 0.2) is 36.4 Å². The summed E-state index contributed by atoms with van der Waals surface area (Å²) in [5.41, 5.74) is 3.32. The van der Waals surface area contributed by atoms with E-state index in [1.165, 1.54) is 12.1 Å². The largest absolute Gasteiger partial charge is 0.332 e. The van der Waals surface area contributed by atoms with Crippen LogP contribution in [0.4, 0.5) is 15.8 Å².